The number of benzene rings is 1. The Bertz CT molecular complexity index is 453. The molecule has 0 amide bonds. The molecule has 1 unspecified atom stereocenters. The number of hydrogen-bond acceptors (Lipinski definition) is 4. The molecule has 0 saturated carbocycles. The van der Waals surface area contributed by atoms with Crippen LogP contribution in [0.25, 0.3) is 0 Å². The summed E-state index contributed by atoms with van der Waals surface area (Å²) in [6.07, 6.45) is -0.444. The van der Waals surface area contributed by atoms with Crippen molar-refractivity contribution in [1.29, 1.82) is 0 Å². The molecule has 0 saturated heterocycles. The van der Waals surface area contributed by atoms with Crippen molar-refractivity contribution in [1.82, 2.24) is 0 Å². The number of hydrogen-bond donors (Lipinski definition) is 1. The van der Waals surface area contributed by atoms with Gasteiger partial charge in [-0.2, -0.15) is 0 Å². The van der Waals surface area contributed by atoms with Gasteiger partial charge in [-0.15, -0.1) is 0 Å². The summed E-state index contributed by atoms with van der Waals surface area (Å²) in [6.45, 7) is 1.26. The Morgan fingerprint density at radius 1 is 1.28 bits per heavy atom. The molecule has 0 aliphatic heterocycles. The minimum Gasteiger partial charge on any atom is -0.481 e. The van der Waals surface area contributed by atoms with E-state index in [1.165, 1.54) is 19.1 Å². The van der Waals surface area contributed by atoms with Crippen LogP contribution in [0.1, 0.15) is 23.7 Å². The van der Waals surface area contributed by atoms with Gasteiger partial charge >= 0.3 is 5.97 Å². The first-order chi connectivity index (χ1) is 8.40. The van der Waals surface area contributed by atoms with Crippen LogP contribution in [-0.2, 0) is 9.59 Å². The average Bonchev–Trinajstić information content (AvgIpc) is 2.27. The summed E-state index contributed by atoms with van der Waals surface area (Å²) in [4.78, 5) is 33.6. The zero-order valence-electron chi connectivity index (χ0n) is 9.55. The Kier molecular flexibility index (Phi) is 5.03. The number of carbonyl (C=O) groups is 3. The molecule has 0 radical (unpaired) electrons. The van der Waals surface area contributed by atoms with Gasteiger partial charge in [-0.25, -0.2) is 4.39 Å². The third kappa shape index (κ3) is 4.29. The molecule has 1 N–H and O–H groups in total. The summed E-state index contributed by atoms with van der Waals surface area (Å²) in [5.74, 6) is -2.14. The van der Waals surface area contributed by atoms with Gasteiger partial charge in [0.2, 0.25) is 0 Å². The summed E-state index contributed by atoms with van der Waals surface area (Å²) in [7, 11) is 0. The summed E-state index contributed by atoms with van der Waals surface area (Å²) < 4.78 is 12.7. The molecular weight excluding hydrogens is 259 g/mol. The fourth-order valence-corrected chi connectivity index (χ4v) is 2.22. The molecule has 0 aromatic heterocycles. The molecular formula is C12H11FO4S. The maximum atomic E-state index is 12.7. The lowest BCUT2D eigenvalue weighted by Crippen LogP contribution is -2.22. The van der Waals surface area contributed by atoms with Crippen molar-refractivity contribution in [2.75, 3.05) is 0 Å². The van der Waals surface area contributed by atoms with Crippen LogP contribution in [-0.4, -0.2) is 27.2 Å². The summed E-state index contributed by atoms with van der Waals surface area (Å²) >= 11 is 0.672. The SMILES string of the molecule is CC(=O)SC(CC(=O)O)C(=O)c1ccc(F)cc1. The second-order valence-corrected chi connectivity index (χ2v) is 4.95. The third-order valence-corrected chi connectivity index (χ3v) is 3.09. The number of carbonyl (C=O) groups excluding carboxylic acids is 2. The molecule has 4 nitrogen and oxygen atoms in total. The average molecular weight is 270 g/mol. The van der Waals surface area contributed by atoms with Crippen molar-refractivity contribution in [3.63, 3.8) is 0 Å². The molecule has 0 bridgehead atoms. The maximum Gasteiger partial charge on any atom is 0.304 e. The fraction of sp³-hybridized carbons (Fsp3) is 0.250. The van der Waals surface area contributed by atoms with E-state index in [1.54, 1.807) is 0 Å². The number of aliphatic carboxylic acids is 1. The molecule has 1 atom stereocenters. The van der Waals surface area contributed by atoms with E-state index in [9.17, 15) is 18.8 Å². The molecule has 1 aromatic rings. The smallest absolute Gasteiger partial charge is 0.304 e. The van der Waals surface area contributed by atoms with E-state index in [2.05, 4.69) is 0 Å². The molecule has 0 aliphatic rings. The normalized spacial score (nSPS) is 11.9. The number of Topliss-reactive ketones (excluding diaryl/α,β-unsaturated/α-hetero) is 1. The molecule has 0 heterocycles. The largest absolute Gasteiger partial charge is 0.481 e. The molecule has 1 aromatic carbocycles. The molecule has 1 rings (SSSR count). The van der Waals surface area contributed by atoms with E-state index >= 15 is 0 Å². The Morgan fingerprint density at radius 2 is 1.83 bits per heavy atom. The minimum absolute atomic E-state index is 0.191. The van der Waals surface area contributed by atoms with Crippen LogP contribution in [0.3, 0.4) is 0 Å². The summed E-state index contributed by atoms with van der Waals surface area (Å²) in [6, 6.07) is 4.77. The van der Waals surface area contributed by atoms with Crippen molar-refractivity contribution >= 4 is 28.6 Å². The first-order valence-corrected chi connectivity index (χ1v) is 5.97. The molecule has 6 heteroatoms. The highest BCUT2D eigenvalue weighted by Crippen LogP contribution is 2.21. The highest BCUT2D eigenvalue weighted by molar-refractivity contribution is 8.14. The number of carboxylic acids is 1. The zero-order chi connectivity index (χ0) is 13.7. The Labute approximate surface area is 107 Å². The van der Waals surface area contributed by atoms with Crippen LogP contribution in [0.15, 0.2) is 24.3 Å². The Morgan fingerprint density at radius 3 is 2.28 bits per heavy atom. The predicted molar refractivity (Wildman–Crippen MR) is 65.0 cm³/mol. The number of halogens is 1. The van der Waals surface area contributed by atoms with E-state index < -0.39 is 29.2 Å². The van der Waals surface area contributed by atoms with Crippen LogP contribution >= 0.6 is 11.8 Å². The van der Waals surface area contributed by atoms with Crippen molar-refractivity contribution in [3.8, 4) is 0 Å². The van der Waals surface area contributed by atoms with Gasteiger partial charge < -0.3 is 5.11 Å². The van der Waals surface area contributed by atoms with E-state index in [4.69, 9.17) is 5.11 Å². The predicted octanol–water partition coefficient (Wildman–Crippen LogP) is 2.13. The molecule has 18 heavy (non-hydrogen) atoms. The van der Waals surface area contributed by atoms with E-state index in [0.717, 1.165) is 12.1 Å². The fourth-order valence-electron chi connectivity index (χ4n) is 1.35. The van der Waals surface area contributed by atoms with Crippen LogP contribution < -0.4 is 0 Å². The van der Waals surface area contributed by atoms with Crippen LogP contribution in [0, 0.1) is 5.82 Å². The first kappa shape index (κ1) is 14.4. The topological polar surface area (TPSA) is 71.4 Å². The van der Waals surface area contributed by atoms with Crippen LogP contribution in [0.4, 0.5) is 4.39 Å². The lowest BCUT2D eigenvalue weighted by molar-refractivity contribution is -0.136. The summed E-state index contributed by atoms with van der Waals surface area (Å²) in [5.41, 5.74) is 0.191. The first-order valence-electron chi connectivity index (χ1n) is 5.09. The maximum absolute atomic E-state index is 12.7. The molecule has 0 fully saturated rings. The minimum atomic E-state index is -1.16. The number of ketones is 1. The quantitative estimate of drug-likeness (QED) is 0.830. The van der Waals surface area contributed by atoms with Gasteiger partial charge in [-0.05, 0) is 24.3 Å². The molecule has 96 valence electrons. The number of thioether (sulfide) groups is 1. The van der Waals surface area contributed by atoms with Gasteiger partial charge in [0, 0.05) is 12.5 Å². The van der Waals surface area contributed by atoms with Crippen molar-refractivity contribution in [2.24, 2.45) is 0 Å². The number of rotatable bonds is 5. The zero-order valence-corrected chi connectivity index (χ0v) is 10.4. The second kappa shape index (κ2) is 6.30. The highest BCUT2D eigenvalue weighted by atomic mass is 32.2. The van der Waals surface area contributed by atoms with Crippen LogP contribution in [0.2, 0.25) is 0 Å². The molecule has 0 aliphatic carbocycles. The third-order valence-electron chi connectivity index (χ3n) is 2.09. The summed E-state index contributed by atoms with van der Waals surface area (Å²) in [5, 5.41) is 7.38. The van der Waals surface area contributed by atoms with Crippen molar-refractivity contribution in [2.45, 2.75) is 18.6 Å². The van der Waals surface area contributed by atoms with Gasteiger partial charge in [0.05, 0.1) is 11.7 Å². The Balaban J connectivity index is 2.90. The van der Waals surface area contributed by atoms with Gasteiger partial charge in [0.1, 0.15) is 5.82 Å². The van der Waals surface area contributed by atoms with E-state index in [1.807, 2.05) is 0 Å². The van der Waals surface area contributed by atoms with Gasteiger partial charge in [-0.1, -0.05) is 11.8 Å². The van der Waals surface area contributed by atoms with Crippen molar-refractivity contribution < 1.29 is 23.9 Å². The van der Waals surface area contributed by atoms with Gasteiger partial charge in [0.25, 0.3) is 0 Å². The highest BCUT2D eigenvalue weighted by Gasteiger charge is 2.25. The van der Waals surface area contributed by atoms with Gasteiger partial charge in [0.15, 0.2) is 10.9 Å². The van der Waals surface area contributed by atoms with Crippen molar-refractivity contribution in [3.05, 3.63) is 35.6 Å². The lowest BCUT2D eigenvalue weighted by Gasteiger charge is -2.11. The van der Waals surface area contributed by atoms with E-state index in [0.29, 0.717) is 11.8 Å². The lowest BCUT2D eigenvalue weighted by atomic mass is 10.1. The standard InChI is InChI=1S/C12H11FO4S/c1-7(14)18-10(6-11(15)16)12(17)8-2-4-9(13)5-3-8/h2-5,10H,6H2,1H3,(H,15,16). The van der Waals surface area contributed by atoms with E-state index in [-0.39, 0.29) is 10.7 Å². The number of carboxylic acid groups (broad SMARTS) is 1. The Hall–Kier alpha value is -1.69. The van der Waals surface area contributed by atoms with Gasteiger partial charge in [-0.3, -0.25) is 14.4 Å². The second-order valence-electron chi connectivity index (χ2n) is 3.57. The monoisotopic (exact) mass is 270 g/mol. The molecule has 0 spiro atoms. The van der Waals surface area contributed by atoms with Crippen LogP contribution in [0.5, 0.6) is 0 Å².